The highest BCUT2D eigenvalue weighted by Crippen LogP contribution is 2.33. The Balaban J connectivity index is 2.48. The number of aromatic nitrogens is 1. The Morgan fingerprint density at radius 3 is 2.36 bits per heavy atom. The first-order valence-corrected chi connectivity index (χ1v) is 9.23. The minimum Gasteiger partial charge on any atom is -0.477 e. The topological polar surface area (TPSA) is 59.3 Å². The van der Waals surface area contributed by atoms with Crippen molar-refractivity contribution in [1.29, 1.82) is 0 Å². The second-order valence-electron chi connectivity index (χ2n) is 6.19. The van der Waals surface area contributed by atoms with Gasteiger partial charge in [0.05, 0.1) is 11.3 Å². The molecule has 3 rings (SSSR count). The Kier molecular flexibility index (Phi) is 5.59. The van der Waals surface area contributed by atoms with Gasteiger partial charge in [-0.1, -0.05) is 35.3 Å². The Hall–Kier alpha value is -2.63. The van der Waals surface area contributed by atoms with Crippen LogP contribution in [0.1, 0.15) is 23.0 Å². The summed E-state index contributed by atoms with van der Waals surface area (Å²) >= 11 is 12.1. The number of carbonyl (C=O) groups is 1. The van der Waals surface area contributed by atoms with Crippen molar-refractivity contribution < 1.29 is 14.3 Å². The normalized spacial score (nSPS) is 10.9. The Morgan fingerprint density at radius 2 is 1.79 bits per heavy atom. The molecule has 0 radical (unpaired) electrons. The third-order valence-corrected chi connectivity index (χ3v) is 5.15. The van der Waals surface area contributed by atoms with Crippen LogP contribution in [-0.4, -0.2) is 15.6 Å². The molecule has 0 atom stereocenters. The van der Waals surface area contributed by atoms with Crippen LogP contribution in [0, 0.1) is 12.7 Å². The standard InChI is InChI=1S/C21H16Cl2FNO3/c1-3-25-11(2)17(15-10-14(24)8-9-16(15)23)20(26)18(21(27)28)19(25)12-4-6-13(22)7-5-12/h4-10H,3H2,1-2H3,(H,27,28). The first kappa shape index (κ1) is 20.1. The number of hydrogen-bond acceptors (Lipinski definition) is 2. The van der Waals surface area contributed by atoms with Crippen LogP contribution in [0.3, 0.4) is 0 Å². The molecule has 0 aliphatic heterocycles. The van der Waals surface area contributed by atoms with E-state index < -0.39 is 22.8 Å². The lowest BCUT2D eigenvalue weighted by molar-refractivity contribution is 0.0695. The Bertz CT molecular complexity index is 1140. The zero-order valence-electron chi connectivity index (χ0n) is 15.1. The summed E-state index contributed by atoms with van der Waals surface area (Å²) in [7, 11) is 0. The second-order valence-corrected chi connectivity index (χ2v) is 7.04. The second kappa shape index (κ2) is 7.78. The van der Waals surface area contributed by atoms with Gasteiger partial charge in [0.25, 0.3) is 0 Å². The van der Waals surface area contributed by atoms with E-state index in [9.17, 15) is 19.1 Å². The lowest BCUT2D eigenvalue weighted by Crippen LogP contribution is -2.25. The predicted molar refractivity (Wildman–Crippen MR) is 109 cm³/mol. The molecule has 0 unspecified atom stereocenters. The largest absolute Gasteiger partial charge is 0.477 e. The predicted octanol–water partition coefficient (Wildman–Crippen LogP) is 5.65. The molecular formula is C21H16Cl2FNO3. The van der Waals surface area contributed by atoms with Crippen LogP contribution in [0.15, 0.2) is 47.3 Å². The molecule has 1 aromatic heterocycles. The molecule has 0 spiro atoms. The highest BCUT2D eigenvalue weighted by molar-refractivity contribution is 6.33. The summed E-state index contributed by atoms with van der Waals surface area (Å²) in [5, 5.41) is 10.5. The number of carboxylic acids is 1. The van der Waals surface area contributed by atoms with Gasteiger partial charge >= 0.3 is 5.97 Å². The zero-order chi connectivity index (χ0) is 20.6. The van der Waals surface area contributed by atoms with Crippen molar-refractivity contribution in [2.45, 2.75) is 20.4 Å². The lowest BCUT2D eigenvalue weighted by Gasteiger charge is -2.21. The molecule has 0 saturated carbocycles. The van der Waals surface area contributed by atoms with Crippen LogP contribution in [-0.2, 0) is 6.54 Å². The summed E-state index contributed by atoms with van der Waals surface area (Å²) in [5.74, 6) is -1.94. The van der Waals surface area contributed by atoms with Gasteiger partial charge in [-0.15, -0.1) is 0 Å². The number of rotatable bonds is 4. The minimum absolute atomic E-state index is 0.0708. The summed E-state index contributed by atoms with van der Waals surface area (Å²) in [6.45, 7) is 3.91. The highest BCUT2D eigenvalue weighted by Gasteiger charge is 2.26. The van der Waals surface area contributed by atoms with Gasteiger partial charge in [0.1, 0.15) is 11.4 Å². The number of nitrogens with zero attached hydrogens (tertiary/aromatic N) is 1. The van der Waals surface area contributed by atoms with Gasteiger partial charge in [-0.2, -0.15) is 0 Å². The third kappa shape index (κ3) is 3.43. The maximum absolute atomic E-state index is 13.8. The molecule has 4 nitrogen and oxygen atoms in total. The van der Waals surface area contributed by atoms with Crippen molar-refractivity contribution in [3.05, 3.63) is 79.8 Å². The molecule has 28 heavy (non-hydrogen) atoms. The molecule has 2 aromatic carbocycles. The maximum atomic E-state index is 13.8. The third-order valence-electron chi connectivity index (χ3n) is 4.57. The number of hydrogen-bond donors (Lipinski definition) is 1. The van der Waals surface area contributed by atoms with Crippen LogP contribution in [0.4, 0.5) is 4.39 Å². The van der Waals surface area contributed by atoms with Gasteiger partial charge in [-0.05, 0) is 49.7 Å². The van der Waals surface area contributed by atoms with Crippen molar-refractivity contribution in [1.82, 2.24) is 4.57 Å². The van der Waals surface area contributed by atoms with Crippen LogP contribution < -0.4 is 5.43 Å². The summed E-state index contributed by atoms with van der Waals surface area (Å²) in [4.78, 5) is 25.3. The van der Waals surface area contributed by atoms with Crippen molar-refractivity contribution in [3.63, 3.8) is 0 Å². The van der Waals surface area contributed by atoms with E-state index in [0.29, 0.717) is 22.8 Å². The smallest absolute Gasteiger partial charge is 0.341 e. The van der Waals surface area contributed by atoms with E-state index in [1.165, 1.54) is 12.1 Å². The molecule has 0 fully saturated rings. The number of benzene rings is 2. The molecule has 0 saturated heterocycles. The first-order chi connectivity index (χ1) is 13.3. The molecule has 1 N–H and O–H groups in total. The van der Waals surface area contributed by atoms with Crippen molar-refractivity contribution in [3.8, 4) is 22.4 Å². The minimum atomic E-state index is -1.37. The molecule has 0 bridgehead atoms. The van der Waals surface area contributed by atoms with E-state index in [4.69, 9.17) is 23.2 Å². The number of aromatic carboxylic acids is 1. The SMILES string of the molecule is CCn1c(C)c(-c2cc(F)ccc2Cl)c(=O)c(C(=O)O)c1-c1ccc(Cl)cc1. The number of pyridine rings is 1. The van der Waals surface area contributed by atoms with Gasteiger partial charge in [-0.3, -0.25) is 4.79 Å². The fourth-order valence-electron chi connectivity index (χ4n) is 3.34. The molecule has 0 amide bonds. The molecule has 0 aliphatic rings. The number of carboxylic acid groups (broad SMARTS) is 1. The monoisotopic (exact) mass is 419 g/mol. The lowest BCUT2D eigenvalue weighted by atomic mass is 9.96. The fraction of sp³-hybridized carbons (Fsp3) is 0.143. The van der Waals surface area contributed by atoms with E-state index in [-0.39, 0.29) is 21.8 Å². The van der Waals surface area contributed by atoms with Crippen LogP contribution in [0.2, 0.25) is 10.0 Å². The maximum Gasteiger partial charge on any atom is 0.341 e. The Labute approximate surface area is 170 Å². The molecular weight excluding hydrogens is 404 g/mol. The Morgan fingerprint density at radius 1 is 1.14 bits per heavy atom. The number of halogens is 3. The summed E-state index contributed by atoms with van der Waals surface area (Å²) in [5.41, 5.74) is 0.427. The van der Waals surface area contributed by atoms with Gasteiger partial charge in [0, 0.05) is 27.8 Å². The molecule has 7 heteroatoms. The van der Waals surface area contributed by atoms with Crippen molar-refractivity contribution >= 4 is 29.2 Å². The van der Waals surface area contributed by atoms with Crippen molar-refractivity contribution in [2.75, 3.05) is 0 Å². The van der Waals surface area contributed by atoms with Gasteiger partial charge in [0.15, 0.2) is 0 Å². The summed E-state index contributed by atoms with van der Waals surface area (Å²) in [6.07, 6.45) is 0. The quantitative estimate of drug-likeness (QED) is 0.593. The van der Waals surface area contributed by atoms with Gasteiger partial charge < -0.3 is 9.67 Å². The average molecular weight is 420 g/mol. The molecule has 3 aromatic rings. The molecule has 1 heterocycles. The first-order valence-electron chi connectivity index (χ1n) is 8.48. The summed E-state index contributed by atoms with van der Waals surface area (Å²) < 4.78 is 15.5. The molecule has 0 aliphatic carbocycles. The zero-order valence-corrected chi connectivity index (χ0v) is 16.6. The van der Waals surface area contributed by atoms with Crippen LogP contribution in [0.5, 0.6) is 0 Å². The van der Waals surface area contributed by atoms with Crippen LogP contribution >= 0.6 is 23.2 Å². The van der Waals surface area contributed by atoms with E-state index >= 15 is 0 Å². The van der Waals surface area contributed by atoms with Gasteiger partial charge in [0.2, 0.25) is 5.43 Å². The fourth-order valence-corrected chi connectivity index (χ4v) is 3.68. The average Bonchev–Trinajstić information content (AvgIpc) is 2.64. The van der Waals surface area contributed by atoms with Crippen LogP contribution in [0.25, 0.3) is 22.4 Å². The van der Waals surface area contributed by atoms with E-state index in [0.717, 1.165) is 6.07 Å². The van der Waals surface area contributed by atoms with E-state index in [1.54, 1.807) is 35.8 Å². The summed E-state index contributed by atoms with van der Waals surface area (Å²) in [6, 6.07) is 10.2. The van der Waals surface area contributed by atoms with Gasteiger partial charge in [-0.25, -0.2) is 9.18 Å². The van der Waals surface area contributed by atoms with E-state index in [1.807, 2.05) is 6.92 Å². The van der Waals surface area contributed by atoms with Crippen molar-refractivity contribution in [2.24, 2.45) is 0 Å². The highest BCUT2D eigenvalue weighted by atomic mass is 35.5. The molecule has 144 valence electrons. The van der Waals surface area contributed by atoms with E-state index in [2.05, 4.69) is 0 Å².